The van der Waals surface area contributed by atoms with Gasteiger partial charge in [0.2, 0.25) is 0 Å². The van der Waals surface area contributed by atoms with Gasteiger partial charge in [-0.1, -0.05) is 0 Å². The van der Waals surface area contributed by atoms with E-state index >= 15 is 0 Å². The number of nitrogens with zero attached hydrogens (tertiary/aromatic N) is 4. The molecule has 31 heavy (non-hydrogen) atoms. The van der Waals surface area contributed by atoms with E-state index in [2.05, 4.69) is 20.5 Å². The smallest absolute Gasteiger partial charge is 0.312 e. The minimum Gasteiger partial charge on any atom is -0.312 e. The Hall–Kier alpha value is -4.90. The van der Waals surface area contributed by atoms with Crippen LogP contribution in [0.3, 0.4) is 0 Å². The number of carbonyl (C=O) groups is 2. The van der Waals surface area contributed by atoms with E-state index in [4.69, 9.17) is 0 Å². The Bertz CT molecular complexity index is 1120. The van der Waals surface area contributed by atoms with Crippen LogP contribution in [0.5, 0.6) is 0 Å². The van der Waals surface area contributed by atoms with Crippen LogP contribution in [0.1, 0.15) is 6.42 Å². The van der Waals surface area contributed by atoms with E-state index in [9.17, 15) is 38.6 Å². The lowest BCUT2D eigenvalue weighted by Crippen LogP contribution is -2.37. The lowest BCUT2D eigenvalue weighted by molar-refractivity contribution is 0.200. The molecule has 18 nitrogen and oxygen atoms in total. The highest BCUT2D eigenvalue weighted by molar-refractivity contribution is 5.89. The molecule has 0 aliphatic rings. The number of hydrogen-bond acceptors (Lipinski definition) is 10. The second kappa shape index (κ2) is 10.0. The number of urea groups is 2. The second-order valence-corrected chi connectivity index (χ2v) is 5.59. The molecule has 164 valence electrons. The van der Waals surface area contributed by atoms with Crippen molar-refractivity contribution >= 4 is 23.4 Å². The summed E-state index contributed by atoms with van der Waals surface area (Å²) in [6.07, 6.45) is 1.65. The molecule has 2 aromatic rings. The summed E-state index contributed by atoms with van der Waals surface area (Å²) in [4.78, 5) is 98.7. The molecular formula is C13H14N10O8. The zero-order valence-corrected chi connectivity index (χ0v) is 15.3. The molecule has 0 bridgehead atoms. The monoisotopic (exact) mass is 438 g/mol. The molecule has 0 aromatic carbocycles. The molecule has 4 amide bonds. The van der Waals surface area contributed by atoms with E-state index in [1.165, 1.54) is 0 Å². The van der Waals surface area contributed by atoms with Crippen LogP contribution in [0, 0.1) is 9.81 Å². The van der Waals surface area contributed by atoms with Crippen molar-refractivity contribution in [2.45, 2.75) is 6.42 Å². The van der Waals surface area contributed by atoms with Crippen molar-refractivity contribution in [2.24, 2.45) is 10.6 Å². The third-order valence-corrected chi connectivity index (χ3v) is 3.53. The fraction of sp³-hybridized carbons (Fsp3) is 0.231. The number of anilines is 2. The summed E-state index contributed by atoms with van der Waals surface area (Å²) in [5, 5.41) is 9.73. The van der Waals surface area contributed by atoms with Gasteiger partial charge < -0.3 is 20.6 Å². The van der Waals surface area contributed by atoms with Crippen LogP contribution < -0.4 is 33.1 Å². The number of aromatic amines is 4. The number of amides is 4. The minimum atomic E-state index is -1.12. The van der Waals surface area contributed by atoms with Gasteiger partial charge in [-0.2, -0.15) is 10.0 Å². The molecule has 0 fully saturated rings. The summed E-state index contributed by atoms with van der Waals surface area (Å²) in [5.74, 6) is 0. The maximum atomic E-state index is 12.0. The van der Waals surface area contributed by atoms with Gasteiger partial charge in [0.15, 0.2) is 0 Å². The summed E-state index contributed by atoms with van der Waals surface area (Å²) in [5.41, 5.74) is -4.19. The van der Waals surface area contributed by atoms with Crippen molar-refractivity contribution in [2.75, 3.05) is 23.7 Å². The minimum absolute atomic E-state index is 0.164. The normalized spacial score (nSPS) is 10.1. The molecular weight excluding hydrogens is 424 g/mol. The second-order valence-electron chi connectivity index (χ2n) is 5.59. The average molecular weight is 438 g/mol. The Kier molecular flexibility index (Phi) is 7.25. The molecule has 0 unspecified atom stereocenters. The van der Waals surface area contributed by atoms with Gasteiger partial charge in [0.05, 0.1) is 23.7 Å². The number of aromatic nitrogens is 4. The van der Waals surface area contributed by atoms with E-state index in [1.807, 2.05) is 20.6 Å². The van der Waals surface area contributed by atoms with Crippen molar-refractivity contribution in [3.8, 4) is 0 Å². The molecule has 18 heteroatoms. The average Bonchev–Trinajstić information content (AvgIpc) is 2.72. The predicted molar refractivity (Wildman–Crippen MR) is 103 cm³/mol. The lowest BCUT2D eigenvalue weighted by Gasteiger charge is -2.16. The standard InChI is InChI=1S/C13H14N10O8/c24-8-6(4-14-10(26)18-8)16-12(28)22(20-30)2-1-3-23(21-31)13(29)17-7-5-15-11(27)19-9(7)25/h4-5H,1-3H2,(H,16,28)(H,17,29)(H2,14,18,24,26)(H2,15,19,25,27). The summed E-state index contributed by atoms with van der Waals surface area (Å²) >= 11 is 0. The summed E-state index contributed by atoms with van der Waals surface area (Å²) in [6, 6.07) is -2.25. The zero-order valence-electron chi connectivity index (χ0n) is 15.3. The predicted octanol–water partition coefficient (Wildman–Crippen LogP) is -1.44. The van der Waals surface area contributed by atoms with Crippen LogP contribution in [0.15, 0.2) is 42.1 Å². The number of hydrogen-bond donors (Lipinski definition) is 6. The van der Waals surface area contributed by atoms with Crippen LogP contribution in [0.4, 0.5) is 21.0 Å². The molecule has 0 aliphatic heterocycles. The van der Waals surface area contributed by atoms with Crippen molar-refractivity contribution in [1.29, 1.82) is 0 Å². The van der Waals surface area contributed by atoms with Gasteiger partial charge in [-0.25, -0.2) is 19.2 Å². The first-order chi connectivity index (χ1) is 14.7. The van der Waals surface area contributed by atoms with Gasteiger partial charge in [-0.3, -0.25) is 19.6 Å². The van der Waals surface area contributed by atoms with Gasteiger partial charge in [0, 0.05) is 12.4 Å². The highest BCUT2D eigenvalue weighted by Gasteiger charge is 2.19. The van der Waals surface area contributed by atoms with E-state index in [1.54, 1.807) is 0 Å². The molecule has 2 aromatic heterocycles. The molecule has 0 radical (unpaired) electrons. The van der Waals surface area contributed by atoms with Crippen molar-refractivity contribution in [3.05, 3.63) is 63.9 Å². The highest BCUT2D eigenvalue weighted by atomic mass is 16.3. The Labute approximate surface area is 168 Å². The molecule has 6 N–H and O–H groups in total. The fourth-order valence-corrected chi connectivity index (χ4v) is 2.09. The van der Waals surface area contributed by atoms with Gasteiger partial charge in [0.25, 0.3) is 11.1 Å². The first-order valence-corrected chi connectivity index (χ1v) is 8.22. The van der Waals surface area contributed by atoms with Crippen LogP contribution in [-0.2, 0) is 0 Å². The van der Waals surface area contributed by atoms with E-state index in [0.717, 1.165) is 12.4 Å². The van der Waals surface area contributed by atoms with Crippen LogP contribution in [0.25, 0.3) is 0 Å². The van der Waals surface area contributed by atoms with Gasteiger partial charge in [-0.15, -0.1) is 9.81 Å². The lowest BCUT2D eigenvalue weighted by atomic mass is 10.4. The van der Waals surface area contributed by atoms with Crippen LogP contribution in [0.2, 0.25) is 0 Å². The SMILES string of the molecule is O=NN(CCCN(N=O)C(=O)Nc1c[nH]c(=O)[nH]c1=O)C(=O)Nc1c[nH]c(=O)[nH]c1=O. The van der Waals surface area contributed by atoms with Crippen LogP contribution >= 0.6 is 0 Å². The maximum absolute atomic E-state index is 12.0. The maximum Gasteiger partial charge on any atom is 0.345 e. The molecule has 2 rings (SSSR count). The van der Waals surface area contributed by atoms with Crippen LogP contribution in [-0.4, -0.2) is 55.1 Å². The van der Waals surface area contributed by atoms with E-state index in [0.29, 0.717) is 10.0 Å². The topological polar surface area (TPSA) is 255 Å². The first kappa shape index (κ1) is 22.4. The number of nitrogens with one attached hydrogen (secondary N) is 6. The van der Waals surface area contributed by atoms with E-state index < -0.39 is 47.6 Å². The fourth-order valence-electron chi connectivity index (χ4n) is 2.09. The molecule has 0 saturated carbocycles. The van der Waals surface area contributed by atoms with Gasteiger partial charge >= 0.3 is 23.4 Å². The molecule has 0 spiro atoms. The summed E-state index contributed by atoms with van der Waals surface area (Å²) < 4.78 is 0. The van der Waals surface area contributed by atoms with E-state index in [-0.39, 0.29) is 17.8 Å². The molecule has 2 heterocycles. The van der Waals surface area contributed by atoms with Crippen molar-refractivity contribution in [1.82, 2.24) is 30.0 Å². The Morgan fingerprint density at radius 3 is 1.48 bits per heavy atom. The number of carbonyl (C=O) groups excluding carboxylic acids is 2. The summed E-state index contributed by atoms with van der Waals surface area (Å²) in [7, 11) is 0. The number of rotatable bonds is 8. The highest BCUT2D eigenvalue weighted by Crippen LogP contribution is 2.03. The largest absolute Gasteiger partial charge is 0.345 e. The first-order valence-electron chi connectivity index (χ1n) is 8.22. The van der Waals surface area contributed by atoms with Crippen molar-refractivity contribution in [3.63, 3.8) is 0 Å². The molecule has 0 atom stereocenters. The summed E-state index contributed by atoms with van der Waals surface area (Å²) in [6.45, 7) is -0.787. The Morgan fingerprint density at radius 2 is 1.16 bits per heavy atom. The Morgan fingerprint density at radius 1 is 0.774 bits per heavy atom. The quantitative estimate of drug-likeness (QED) is 0.209. The number of nitroso groups, excluding NO2 is 2. The van der Waals surface area contributed by atoms with Crippen molar-refractivity contribution < 1.29 is 9.59 Å². The third kappa shape index (κ3) is 6.04. The number of H-pyrrole nitrogens is 4. The van der Waals surface area contributed by atoms with Gasteiger partial charge in [0.1, 0.15) is 11.4 Å². The molecule has 0 saturated heterocycles. The van der Waals surface area contributed by atoms with Gasteiger partial charge in [-0.05, 0) is 6.42 Å². The third-order valence-electron chi connectivity index (χ3n) is 3.53. The molecule has 0 aliphatic carbocycles. The Balaban J connectivity index is 1.93. The zero-order chi connectivity index (χ0) is 23.0.